The van der Waals surface area contributed by atoms with Crippen LogP contribution in [0.3, 0.4) is 0 Å². The lowest BCUT2D eigenvalue weighted by molar-refractivity contribution is -0.121. The molecule has 0 amide bonds. The van der Waals surface area contributed by atoms with Crippen molar-refractivity contribution in [3.8, 4) is 0 Å². The van der Waals surface area contributed by atoms with Crippen LogP contribution in [-0.2, 0) is 9.47 Å². The van der Waals surface area contributed by atoms with E-state index >= 15 is 0 Å². The number of allylic oxidation sites excluding steroid dienone is 4. The maximum atomic E-state index is 14.2. The van der Waals surface area contributed by atoms with Crippen molar-refractivity contribution in [3.05, 3.63) is 156 Å². The molecule has 2 aliphatic carbocycles. The molecule has 0 aromatic heterocycles. The number of ether oxygens (including phenoxy) is 2. The van der Waals surface area contributed by atoms with E-state index in [1.807, 2.05) is 97.1 Å². The van der Waals surface area contributed by atoms with Crippen LogP contribution in [0.25, 0.3) is 21.5 Å². The van der Waals surface area contributed by atoms with Gasteiger partial charge in [-0.3, -0.25) is 0 Å². The van der Waals surface area contributed by atoms with E-state index in [0.717, 1.165) is 32.7 Å². The number of aryl methyl sites for hydroxylation is 1. The summed E-state index contributed by atoms with van der Waals surface area (Å²) in [6, 6.07) is 35.2. The third-order valence-electron chi connectivity index (χ3n) is 10.2. The van der Waals surface area contributed by atoms with E-state index in [2.05, 4.69) is 57.2 Å². The quantitative estimate of drug-likeness (QED) is 0.191. The molecule has 0 radical (unpaired) electrons. The highest BCUT2D eigenvalue weighted by atomic mass is 16.6. The molecule has 5 aromatic rings. The van der Waals surface area contributed by atoms with E-state index in [-0.39, 0.29) is 23.2 Å². The monoisotopic (exact) mass is 592 g/mol. The summed E-state index contributed by atoms with van der Waals surface area (Å²) in [5, 5.41) is 3.59. The van der Waals surface area contributed by atoms with Gasteiger partial charge in [-0.15, -0.1) is 0 Å². The van der Waals surface area contributed by atoms with E-state index in [1.165, 1.54) is 0 Å². The third-order valence-corrected chi connectivity index (χ3v) is 10.2. The normalized spacial score (nSPS) is 25.5. The molecular weight excluding hydrogens is 556 g/mol. The zero-order valence-electron chi connectivity index (χ0n) is 25.7. The van der Waals surface area contributed by atoms with E-state index in [9.17, 15) is 9.59 Å². The lowest BCUT2D eigenvalue weighted by Gasteiger charge is -2.55. The van der Waals surface area contributed by atoms with Crippen molar-refractivity contribution >= 4 is 33.5 Å². The Bertz CT molecular complexity index is 1980. The molecular formula is C41H36O4. The summed E-state index contributed by atoms with van der Waals surface area (Å²) >= 11 is 0. The smallest absolute Gasteiger partial charge is 0.339 e. The van der Waals surface area contributed by atoms with Gasteiger partial charge in [0, 0.05) is 11.8 Å². The summed E-state index contributed by atoms with van der Waals surface area (Å²) in [5.41, 5.74) is 2.83. The lowest BCUT2D eigenvalue weighted by atomic mass is 9.53. The fourth-order valence-corrected chi connectivity index (χ4v) is 7.60. The summed E-state index contributed by atoms with van der Waals surface area (Å²) in [6.07, 6.45) is 7.17. The van der Waals surface area contributed by atoms with E-state index in [4.69, 9.17) is 9.47 Å². The Labute approximate surface area is 264 Å². The van der Waals surface area contributed by atoms with Gasteiger partial charge in [0.1, 0.15) is 12.2 Å². The average Bonchev–Trinajstić information content (AvgIpc) is 3.07. The first kappa shape index (κ1) is 28.8. The molecule has 0 bridgehead atoms. The van der Waals surface area contributed by atoms with Crippen molar-refractivity contribution in [3.63, 3.8) is 0 Å². The zero-order chi connectivity index (χ0) is 31.1. The molecule has 0 heterocycles. The van der Waals surface area contributed by atoms with Crippen LogP contribution in [0.2, 0.25) is 0 Å². The summed E-state index contributed by atoms with van der Waals surface area (Å²) in [7, 11) is 0. The van der Waals surface area contributed by atoms with Crippen LogP contribution >= 0.6 is 0 Å². The van der Waals surface area contributed by atoms with Gasteiger partial charge < -0.3 is 9.47 Å². The van der Waals surface area contributed by atoms with E-state index < -0.39 is 24.1 Å². The second-order valence-corrected chi connectivity index (χ2v) is 12.6. The first-order valence-electron chi connectivity index (χ1n) is 15.7. The number of hydrogen-bond acceptors (Lipinski definition) is 4. The predicted octanol–water partition coefficient (Wildman–Crippen LogP) is 9.23. The standard InChI is InChI=1S/C41H36O4/c1-26-14-4-7-19-30(26)36-35-24-10-11-25-41(35,3)27(2)37(44-39(42)33-22-12-17-28-15-5-8-20-31(28)33)38(36)45-40(43)34-23-13-18-29-16-6-9-21-32(29)34/h4-25,27,35-38H,1-3H3. The Morgan fingerprint density at radius 2 is 1.18 bits per heavy atom. The maximum Gasteiger partial charge on any atom is 0.339 e. The number of fused-ring (bicyclic) bond motifs is 3. The van der Waals surface area contributed by atoms with Gasteiger partial charge in [-0.1, -0.05) is 135 Å². The van der Waals surface area contributed by atoms with Gasteiger partial charge in [-0.2, -0.15) is 0 Å². The van der Waals surface area contributed by atoms with Gasteiger partial charge in [-0.05, 0) is 63.1 Å². The van der Waals surface area contributed by atoms with Gasteiger partial charge in [0.05, 0.1) is 11.1 Å². The molecule has 0 saturated heterocycles. The highest BCUT2D eigenvalue weighted by molar-refractivity contribution is 6.05. The van der Waals surface area contributed by atoms with Gasteiger partial charge in [0.2, 0.25) is 0 Å². The van der Waals surface area contributed by atoms with Crippen LogP contribution in [0, 0.1) is 24.2 Å². The zero-order valence-corrected chi connectivity index (χ0v) is 25.7. The van der Waals surface area contributed by atoms with Crippen molar-refractivity contribution in [2.45, 2.75) is 38.9 Å². The van der Waals surface area contributed by atoms with Crippen molar-refractivity contribution in [1.82, 2.24) is 0 Å². The van der Waals surface area contributed by atoms with Gasteiger partial charge in [-0.25, -0.2) is 9.59 Å². The number of esters is 2. The van der Waals surface area contributed by atoms with Crippen molar-refractivity contribution in [2.24, 2.45) is 17.3 Å². The minimum Gasteiger partial charge on any atom is -0.454 e. The molecule has 224 valence electrons. The van der Waals surface area contributed by atoms with Crippen molar-refractivity contribution in [1.29, 1.82) is 0 Å². The van der Waals surface area contributed by atoms with Gasteiger partial charge in [0.15, 0.2) is 0 Å². The minimum absolute atomic E-state index is 0.0106. The number of rotatable bonds is 5. The molecule has 4 heteroatoms. The van der Waals surface area contributed by atoms with Gasteiger partial charge >= 0.3 is 11.9 Å². The first-order valence-corrected chi connectivity index (χ1v) is 15.7. The number of hydrogen-bond donors (Lipinski definition) is 0. The largest absolute Gasteiger partial charge is 0.454 e. The summed E-state index contributed by atoms with van der Waals surface area (Å²) in [4.78, 5) is 28.3. The summed E-state index contributed by atoms with van der Waals surface area (Å²) < 4.78 is 13.2. The van der Waals surface area contributed by atoms with Crippen LogP contribution in [0.4, 0.5) is 0 Å². The Morgan fingerprint density at radius 3 is 1.80 bits per heavy atom. The average molecular weight is 593 g/mol. The third kappa shape index (κ3) is 4.95. The number of carbonyl (C=O) groups is 2. The minimum atomic E-state index is -0.735. The van der Waals surface area contributed by atoms with Crippen LogP contribution in [-0.4, -0.2) is 24.1 Å². The molecule has 4 nitrogen and oxygen atoms in total. The number of carbonyl (C=O) groups excluding carboxylic acids is 2. The molecule has 1 fully saturated rings. The van der Waals surface area contributed by atoms with Crippen molar-refractivity contribution < 1.29 is 19.1 Å². The molecule has 7 rings (SSSR count). The molecule has 45 heavy (non-hydrogen) atoms. The number of benzene rings is 5. The molecule has 6 unspecified atom stereocenters. The van der Waals surface area contributed by atoms with E-state index in [1.54, 1.807) is 0 Å². The second kappa shape index (κ2) is 11.5. The Balaban J connectivity index is 1.36. The fourth-order valence-electron chi connectivity index (χ4n) is 7.60. The maximum absolute atomic E-state index is 14.2. The molecule has 0 N–H and O–H groups in total. The van der Waals surface area contributed by atoms with Crippen molar-refractivity contribution in [2.75, 3.05) is 0 Å². The predicted molar refractivity (Wildman–Crippen MR) is 179 cm³/mol. The Morgan fingerprint density at radius 1 is 0.644 bits per heavy atom. The van der Waals surface area contributed by atoms with Crippen LogP contribution < -0.4 is 0 Å². The molecule has 0 aliphatic heterocycles. The second-order valence-electron chi connectivity index (χ2n) is 12.6. The highest BCUT2D eigenvalue weighted by Gasteiger charge is 2.57. The molecule has 5 aromatic carbocycles. The Hall–Kier alpha value is -4.96. The van der Waals surface area contributed by atoms with Crippen LogP contribution in [0.1, 0.15) is 51.6 Å². The fraction of sp³-hybridized carbons (Fsp3) is 0.220. The molecule has 1 saturated carbocycles. The van der Waals surface area contributed by atoms with Gasteiger partial charge in [0.25, 0.3) is 0 Å². The Kier molecular flexibility index (Phi) is 7.37. The van der Waals surface area contributed by atoms with E-state index in [0.29, 0.717) is 11.1 Å². The lowest BCUT2D eigenvalue weighted by Crippen LogP contribution is -2.57. The first-order chi connectivity index (χ1) is 21.9. The summed E-state index contributed by atoms with van der Waals surface area (Å²) in [5.74, 6) is -1.24. The SMILES string of the molecule is Cc1ccccc1C1C(OC(=O)c2cccc3ccccc23)C(OC(=O)c2cccc3ccccc23)C(C)C2(C)C=CC=CC12. The summed E-state index contributed by atoms with van der Waals surface area (Å²) in [6.45, 7) is 6.44. The highest BCUT2D eigenvalue weighted by Crippen LogP contribution is 2.56. The van der Waals surface area contributed by atoms with Crippen LogP contribution in [0.5, 0.6) is 0 Å². The molecule has 2 aliphatic rings. The molecule has 0 spiro atoms. The topological polar surface area (TPSA) is 52.6 Å². The molecule has 6 atom stereocenters. The van der Waals surface area contributed by atoms with Crippen LogP contribution in [0.15, 0.2) is 133 Å².